The maximum absolute atomic E-state index is 12.7. The summed E-state index contributed by atoms with van der Waals surface area (Å²) in [5, 5.41) is 5.29. The van der Waals surface area contributed by atoms with Crippen LogP contribution in [-0.2, 0) is 10.0 Å². The highest BCUT2D eigenvalue weighted by Crippen LogP contribution is 2.26. The number of hydrogen-bond acceptors (Lipinski definition) is 3. The van der Waals surface area contributed by atoms with E-state index in [9.17, 15) is 13.2 Å². The molecule has 0 aliphatic rings. The molecule has 0 atom stereocenters. The summed E-state index contributed by atoms with van der Waals surface area (Å²) in [6, 6.07) is 1.71. The van der Waals surface area contributed by atoms with Crippen molar-refractivity contribution in [2.24, 2.45) is 5.14 Å². The number of nitrogens with two attached hydrogens (primary N) is 1. The second-order valence-corrected chi connectivity index (χ2v) is 6.77. The van der Waals surface area contributed by atoms with Crippen molar-refractivity contribution in [2.45, 2.75) is 45.9 Å². The van der Waals surface area contributed by atoms with Gasteiger partial charge in [-0.3, -0.25) is 4.79 Å². The molecule has 21 heavy (non-hydrogen) atoms. The van der Waals surface area contributed by atoms with E-state index in [0.717, 1.165) is 12.0 Å². The fourth-order valence-electron chi connectivity index (χ4n) is 2.77. The standard InChI is InChI=1S/C15H24N2O3S/c1-6-8-17(7-2)15(18)13-10(3)9-11(4)14(12(13)5)21(16,19)20/h9H,6-8H2,1-5H3,(H2,16,19,20). The Morgan fingerprint density at radius 3 is 2.19 bits per heavy atom. The molecule has 6 heteroatoms. The first kappa shape index (κ1) is 17.7. The first-order valence-electron chi connectivity index (χ1n) is 7.07. The smallest absolute Gasteiger partial charge is 0.254 e. The average Bonchev–Trinajstić information content (AvgIpc) is 2.32. The third-order valence-electron chi connectivity index (χ3n) is 3.56. The molecule has 0 saturated carbocycles. The predicted octanol–water partition coefficient (Wildman–Crippen LogP) is 2.13. The summed E-state index contributed by atoms with van der Waals surface area (Å²) in [7, 11) is -3.85. The van der Waals surface area contributed by atoms with Gasteiger partial charge < -0.3 is 4.90 Å². The monoisotopic (exact) mass is 312 g/mol. The predicted molar refractivity (Wildman–Crippen MR) is 83.9 cm³/mol. The Hall–Kier alpha value is -1.40. The summed E-state index contributed by atoms with van der Waals surface area (Å²) in [5.74, 6) is -0.140. The van der Waals surface area contributed by atoms with E-state index >= 15 is 0 Å². The molecule has 0 unspecified atom stereocenters. The number of rotatable bonds is 5. The average molecular weight is 312 g/mol. The lowest BCUT2D eigenvalue weighted by molar-refractivity contribution is 0.0762. The largest absolute Gasteiger partial charge is 0.339 e. The lowest BCUT2D eigenvalue weighted by atomic mass is 9.98. The van der Waals surface area contributed by atoms with E-state index in [4.69, 9.17) is 5.14 Å². The molecule has 1 amide bonds. The van der Waals surface area contributed by atoms with Crippen molar-refractivity contribution in [3.8, 4) is 0 Å². The maximum atomic E-state index is 12.7. The molecule has 0 aliphatic heterocycles. The molecular weight excluding hydrogens is 288 g/mol. The summed E-state index contributed by atoms with van der Waals surface area (Å²) in [5.41, 5.74) is 2.23. The number of carbonyl (C=O) groups is 1. The minimum atomic E-state index is -3.85. The second kappa shape index (κ2) is 6.58. The summed E-state index contributed by atoms with van der Waals surface area (Å²) < 4.78 is 23.6. The van der Waals surface area contributed by atoms with E-state index < -0.39 is 10.0 Å². The van der Waals surface area contributed by atoms with E-state index in [1.54, 1.807) is 24.8 Å². The van der Waals surface area contributed by atoms with Crippen molar-refractivity contribution < 1.29 is 13.2 Å². The van der Waals surface area contributed by atoms with Crippen molar-refractivity contribution in [1.82, 2.24) is 4.90 Å². The van der Waals surface area contributed by atoms with Crippen LogP contribution in [0, 0.1) is 20.8 Å². The van der Waals surface area contributed by atoms with Crippen molar-refractivity contribution in [1.29, 1.82) is 0 Å². The van der Waals surface area contributed by atoms with Crippen LogP contribution < -0.4 is 5.14 Å². The third kappa shape index (κ3) is 3.63. The Kier molecular flexibility index (Phi) is 5.53. The minimum absolute atomic E-state index is 0.0593. The van der Waals surface area contributed by atoms with Crippen molar-refractivity contribution in [2.75, 3.05) is 13.1 Å². The van der Waals surface area contributed by atoms with Gasteiger partial charge in [0.15, 0.2) is 0 Å². The van der Waals surface area contributed by atoms with Gasteiger partial charge in [-0.2, -0.15) is 0 Å². The molecule has 0 heterocycles. The molecule has 0 radical (unpaired) electrons. The maximum Gasteiger partial charge on any atom is 0.254 e. The van der Waals surface area contributed by atoms with Gasteiger partial charge in [0.05, 0.1) is 4.90 Å². The number of sulfonamides is 1. The zero-order chi connectivity index (χ0) is 16.4. The Bertz CT molecular complexity index is 651. The second-order valence-electron chi connectivity index (χ2n) is 5.27. The fourth-order valence-corrected chi connectivity index (χ4v) is 3.80. The molecule has 0 fully saturated rings. The summed E-state index contributed by atoms with van der Waals surface area (Å²) in [6.45, 7) is 10.3. The van der Waals surface area contributed by atoms with Crippen LogP contribution in [0.2, 0.25) is 0 Å². The SMILES string of the molecule is CCCN(CC)C(=O)c1c(C)cc(C)c(S(N)(=O)=O)c1C. The van der Waals surface area contributed by atoms with E-state index in [-0.39, 0.29) is 10.8 Å². The molecule has 118 valence electrons. The Morgan fingerprint density at radius 2 is 1.76 bits per heavy atom. The highest BCUT2D eigenvalue weighted by atomic mass is 32.2. The molecule has 0 aliphatic carbocycles. The van der Waals surface area contributed by atoms with Gasteiger partial charge in [0.1, 0.15) is 0 Å². The van der Waals surface area contributed by atoms with Crippen LogP contribution in [0.3, 0.4) is 0 Å². The first-order chi connectivity index (χ1) is 9.65. The molecule has 1 rings (SSSR count). The third-order valence-corrected chi connectivity index (χ3v) is 4.76. The fraction of sp³-hybridized carbons (Fsp3) is 0.533. The summed E-state index contributed by atoms with van der Waals surface area (Å²) >= 11 is 0. The highest BCUT2D eigenvalue weighted by Gasteiger charge is 2.25. The van der Waals surface area contributed by atoms with Gasteiger partial charge in [-0.05, 0) is 50.8 Å². The lowest BCUT2D eigenvalue weighted by Crippen LogP contribution is -2.33. The van der Waals surface area contributed by atoms with E-state index in [1.165, 1.54) is 0 Å². The number of amides is 1. The number of carbonyl (C=O) groups excluding carboxylic acids is 1. The Morgan fingerprint density at radius 1 is 1.19 bits per heavy atom. The van der Waals surface area contributed by atoms with Gasteiger partial charge >= 0.3 is 0 Å². The number of benzene rings is 1. The molecule has 0 saturated heterocycles. The van der Waals surface area contributed by atoms with Gasteiger partial charge in [0.2, 0.25) is 10.0 Å². The molecule has 1 aromatic carbocycles. The van der Waals surface area contributed by atoms with E-state index in [0.29, 0.717) is 29.8 Å². The summed E-state index contributed by atoms with van der Waals surface area (Å²) in [4.78, 5) is 14.5. The molecule has 2 N–H and O–H groups in total. The van der Waals surface area contributed by atoms with Crippen LogP contribution in [-0.4, -0.2) is 32.3 Å². The number of hydrogen-bond donors (Lipinski definition) is 1. The van der Waals surface area contributed by atoms with Crippen molar-refractivity contribution in [3.05, 3.63) is 28.3 Å². The van der Waals surface area contributed by atoms with E-state index in [1.807, 2.05) is 20.8 Å². The van der Waals surface area contributed by atoms with Gasteiger partial charge in [-0.1, -0.05) is 13.0 Å². The van der Waals surface area contributed by atoms with Crippen LogP contribution in [0.5, 0.6) is 0 Å². The van der Waals surface area contributed by atoms with Crippen LogP contribution >= 0.6 is 0 Å². The van der Waals surface area contributed by atoms with Gasteiger partial charge in [-0.15, -0.1) is 0 Å². The number of nitrogens with zero attached hydrogens (tertiary/aromatic N) is 1. The van der Waals surface area contributed by atoms with Crippen LogP contribution in [0.15, 0.2) is 11.0 Å². The zero-order valence-corrected chi connectivity index (χ0v) is 14.2. The van der Waals surface area contributed by atoms with Gasteiger partial charge in [-0.25, -0.2) is 13.6 Å². The number of primary sulfonamides is 1. The topological polar surface area (TPSA) is 80.5 Å². The zero-order valence-electron chi connectivity index (χ0n) is 13.4. The molecule has 0 bridgehead atoms. The summed E-state index contributed by atoms with van der Waals surface area (Å²) in [6.07, 6.45) is 0.853. The molecule has 1 aromatic rings. The highest BCUT2D eigenvalue weighted by molar-refractivity contribution is 7.89. The number of aryl methyl sites for hydroxylation is 2. The molecule has 0 aromatic heterocycles. The minimum Gasteiger partial charge on any atom is -0.339 e. The van der Waals surface area contributed by atoms with Gasteiger partial charge in [0.25, 0.3) is 5.91 Å². The van der Waals surface area contributed by atoms with Gasteiger partial charge in [0, 0.05) is 18.7 Å². The Balaban J connectivity index is 3.54. The van der Waals surface area contributed by atoms with E-state index in [2.05, 4.69) is 0 Å². The van der Waals surface area contributed by atoms with Crippen LogP contribution in [0.1, 0.15) is 47.3 Å². The molecule has 0 spiro atoms. The quantitative estimate of drug-likeness (QED) is 0.904. The lowest BCUT2D eigenvalue weighted by Gasteiger charge is -2.23. The normalized spacial score (nSPS) is 11.5. The van der Waals surface area contributed by atoms with Crippen LogP contribution in [0.25, 0.3) is 0 Å². The van der Waals surface area contributed by atoms with Crippen molar-refractivity contribution >= 4 is 15.9 Å². The van der Waals surface area contributed by atoms with Crippen molar-refractivity contribution in [3.63, 3.8) is 0 Å². The van der Waals surface area contributed by atoms with Crippen LogP contribution in [0.4, 0.5) is 0 Å². The Labute approximate surface area is 127 Å². The molecule has 5 nitrogen and oxygen atoms in total. The first-order valence-corrected chi connectivity index (χ1v) is 8.62. The molecular formula is C15H24N2O3S.